The van der Waals surface area contributed by atoms with Crippen LogP contribution in [0.2, 0.25) is 0 Å². The van der Waals surface area contributed by atoms with Crippen LogP contribution in [-0.4, -0.2) is 16.6 Å². The number of pyridine rings is 1. The predicted molar refractivity (Wildman–Crippen MR) is 109 cm³/mol. The zero-order chi connectivity index (χ0) is 19.8. The van der Waals surface area contributed by atoms with Gasteiger partial charge in [-0.1, -0.05) is 41.5 Å². The van der Waals surface area contributed by atoms with Crippen molar-refractivity contribution in [1.82, 2.24) is 4.98 Å². The number of nitrogens with zero attached hydrogens (tertiary/aromatic N) is 1. The second-order valence-electron chi connectivity index (χ2n) is 6.67. The molecule has 3 aromatic rings. The maximum absolute atomic E-state index is 10.0. The van der Waals surface area contributed by atoms with Gasteiger partial charge in [-0.2, -0.15) is 0 Å². The van der Waals surface area contributed by atoms with E-state index in [-0.39, 0.29) is 38.1 Å². The Labute approximate surface area is 180 Å². The molecule has 28 heavy (non-hydrogen) atoms. The van der Waals surface area contributed by atoms with E-state index in [1.54, 1.807) is 0 Å². The minimum absolute atomic E-state index is 0. The standard InChI is InChI=1S/C19H16N.C5H8O2.Ir/c1-14-10-15(2)12-18(11-14)17-8-9-19(20-13-17)16-6-4-3-5-7-16;1-4(6)3-5(2)7;/h3-6,8-13H,1-2H3;3H2,1-2H3;/q-1;;. The van der Waals surface area contributed by atoms with Crippen molar-refractivity contribution in [3.63, 3.8) is 0 Å². The molecule has 4 heteroatoms. The van der Waals surface area contributed by atoms with E-state index in [1.807, 2.05) is 30.5 Å². The first-order valence-electron chi connectivity index (χ1n) is 8.86. The molecule has 0 N–H and O–H groups in total. The largest absolute Gasteiger partial charge is 0.304 e. The molecule has 1 heterocycles. The zero-order valence-corrected chi connectivity index (χ0v) is 19.0. The molecular weight excluding hydrogens is 526 g/mol. The first-order chi connectivity index (χ1) is 12.8. The molecule has 1 radical (unpaired) electrons. The van der Waals surface area contributed by atoms with Crippen molar-refractivity contribution in [3.8, 4) is 22.4 Å². The number of aryl methyl sites for hydroxylation is 2. The molecule has 2 aromatic carbocycles. The first-order valence-corrected chi connectivity index (χ1v) is 8.86. The maximum Gasteiger partial charge on any atom is 0.137 e. The van der Waals surface area contributed by atoms with Gasteiger partial charge in [0.2, 0.25) is 0 Å². The third kappa shape index (κ3) is 7.67. The molecule has 0 unspecified atom stereocenters. The van der Waals surface area contributed by atoms with Gasteiger partial charge < -0.3 is 4.98 Å². The Kier molecular flexibility index (Phi) is 9.64. The van der Waals surface area contributed by atoms with Crippen LogP contribution in [0.3, 0.4) is 0 Å². The molecule has 3 nitrogen and oxygen atoms in total. The van der Waals surface area contributed by atoms with E-state index in [4.69, 9.17) is 0 Å². The number of benzene rings is 2. The van der Waals surface area contributed by atoms with Crippen molar-refractivity contribution < 1.29 is 29.7 Å². The molecule has 0 spiro atoms. The number of aromatic nitrogens is 1. The van der Waals surface area contributed by atoms with Gasteiger partial charge in [-0.3, -0.25) is 9.59 Å². The average molecular weight is 551 g/mol. The second-order valence-corrected chi connectivity index (χ2v) is 6.67. The van der Waals surface area contributed by atoms with Gasteiger partial charge in [-0.15, -0.1) is 35.9 Å². The number of carbonyl (C=O) groups excluding carboxylic acids is 2. The molecule has 0 saturated carbocycles. The number of hydrogen-bond donors (Lipinski definition) is 0. The summed E-state index contributed by atoms with van der Waals surface area (Å²) in [6.07, 6.45) is 2.02. The van der Waals surface area contributed by atoms with Crippen molar-refractivity contribution in [2.24, 2.45) is 0 Å². The van der Waals surface area contributed by atoms with Gasteiger partial charge in [0.25, 0.3) is 0 Å². The second kappa shape index (κ2) is 11.4. The Bertz CT molecular complexity index is 887. The molecule has 0 amide bonds. The molecule has 0 saturated heterocycles. The number of rotatable bonds is 4. The molecule has 0 atom stereocenters. The minimum atomic E-state index is -0.0625. The van der Waals surface area contributed by atoms with Gasteiger partial charge in [0.05, 0.1) is 6.42 Å². The van der Waals surface area contributed by atoms with E-state index in [2.05, 4.69) is 55.2 Å². The van der Waals surface area contributed by atoms with Crippen molar-refractivity contribution in [2.75, 3.05) is 0 Å². The first kappa shape index (κ1) is 23.6. The smallest absolute Gasteiger partial charge is 0.137 e. The van der Waals surface area contributed by atoms with Crippen molar-refractivity contribution in [1.29, 1.82) is 0 Å². The Morgan fingerprint density at radius 3 is 1.96 bits per heavy atom. The third-order valence-electron chi connectivity index (χ3n) is 3.80. The van der Waals surface area contributed by atoms with Crippen LogP contribution in [0.15, 0.2) is 60.8 Å². The molecule has 3 rings (SSSR count). The van der Waals surface area contributed by atoms with Crippen molar-refractivity contribution >= 4 is 11.6 Å². The minimum Gasteiger partial charge on any atom is -0.304 e. The summed E-state index contributed by atoms with van der Waals surface area (Å²) in [7, 11) is 0. The summed E-state index contributed by atoms with van der Waals surface area (Å²) in [6.45, 7) is 7.05. The van der Waals surface area contributed by atoms with E-state index in [0.717, 1.165) is 16.8 Å². The van der Waals surface area contributed by atoms with Gasteiger partial charge in [-0.05, 0) is 44.5 Å². The quantitative estimate of drug-likeness (QED) is 0.324. The van der Waals surface area contributed by atoms with Gasteiger partial charge in [-0.25, -0.2) is 0 Å². The Balaban J connectivity index is 0.000000425. The summed E-state index contributed by atoms with van der Waals surface area (Å²) in [5, 5.41) is 0. The summed E-state index contributed by atoms with van der Waals surface area (Å²) in [5.74, 6) is -0.125. The van der Waals surface area contributed by atoms with Crippen LogP contribution in [0.4, 0.5) is 0 Å². The maximum atomic E-state index is 10.0. The van der Waals surface area contributed by atoms with Crippen LogP contribution in [0.25, 0.3) is 22.4 Å². The van der Waals surface area contributed by atoms with Gasteiger partial charge >= 0.3 is 0 Å². The van der Waals surface area contributed by atoms with Crippen molar-refractivity contribution in [3.05, 3.63) is 78.0 Å². The normalized spacial score (nSPS) is 9.57. The summed E-state index contributed by atoms with van der Waals surface area (Å²) in [4.78, 5) is 24.6. The van der Waals surface area contributed by atoms with E-state index >= 15 is 0 Å². The van der Waals surface area contributed by atoms with Gasteiger partial charge in [0.15, 0.2) is 0 Å². The topological polar surface area (TPSA) is 47.0 Å². The van der Waals surface area contributed by atoms with Gasteiger partial charge in [0, 0.05) is 26.3 Å². The molecule has 147 valence electrons. The fraction of sp³-hybridized carbons (Fsp3) is 0.208. The average Bonchev–Trinajstić information content (AvgIpc) is 2.61. The predicted octanol–water partition coefficient (Wildman–Crippen LogP) is 5.38. The van der Waals surface area contributed by atoms with E-state index < -0.39 is 0 Å². The molecular formula is C24H24IrNO2-. The summed E-state index contributed by atoms with van der Waals surface area (Å²) in [5.41, 5.74) is 6.91. The number of hydrogen-bond acceptors (Lipinski definition) is 3. The van der Waals surface area contributed by atoms with E-state index in [9.17, 15) is 9.59 Å². The monoisotopic (exact) mass is 551 g/mol. The Hall–Kier alpha value is -2.42. The Morgan fingerprint density at radius 1 is 0.893 bits per heavy atom. The van der Waals surface area contributed by atoms with Crippen molar-refractivity contribution in [2.45, 2.75) is 34.1 Å². The molecule has 0 aliphatic heterocycles. The fourth-order valence-corrected chi connectivity index (χ4v) is 2.77. The molecule has 0 aliphatic rings. The number of Topliss-reactive ketones (excluding diaryl/α,β-unsaturated/α-hetero) is 2. The van der Waals surface area contributed by atoms with Crippen LogP contribution in [0, 0.1) is 19.9 Å². The molecule has 0 aliphatic carbocycles. The van der Waals surface area contributed by atoms with Crippen LogP contribution in [-0.2, 0) is 29.7 Å². The summed E-state index contributed by atoms with van der Waals surface area (Å²) < 4.78 is 0. The summed E-state index contributed by atoms with van der Waals surface area (Å²) >= 11 is 0. The van der Waals surface area contributed by atoms with E-state index in [1.165, 1.54) is 30.5 Å². The summed E-state index contributed by atoms with van der Waals surface area (Å²) in [6, 6.07) is 21.9. The SMILES string of the molecule is CC(=O)CC(C)=O.Cc1cc(C)cc(-c2ccc(-c3[c-]cccc3)nc2)c1.[Ir]. The fourth-order valence-electron chi connectivity index (χ4n) is 2.77. The molecule has 0 fully saturated rings. The van der Waals surface area contributed by atoms with Crippen LogP contribution >= 0.6 is 0 Å². The Morgan fingerprint density at radius 2 is 1.54 bits per heavy atom. The zero-order valence-electron chi connectivity index (χ0n) is 16.6. The van der Waals surface area contributed by atoms with Crippen LogP contribution in [0.1, 0.15) is 31.4 Å². The molecule has 0 bridgehead atoms. The van der Waals surface area contributed by atoms with Crippen LogP contribution in [0.5, 0.6) is 0 Å². The van der Waals surface area contributed by atoms with Gasteiger partial charge in [0.1, 0.15) is 11.6 Å². The third-order valence-corrected chi connectivity index (χ3v) is 3.80. The number of carbonyl (C=O) groups is 2. The molecule has 1 aromatic heterocycles. The van der Waals surface area contributed by atoms with Crippen LogP contribution < -0.4 is 0 Å². The number of ketones is 2. The van der Waals surface area contributed by atoms with E-state index in [0.29, 0.717) is 0 Å².